The maximum Gasteiger partial charge on any atom is 0.191 e. The van der Waals surface area contributed by atoms with E-state index in [1.165, 1.54) is 5.56 Å². The molecular weight excluding hydrogens is 366 g/mol. The van der Waals surface area contributed by atoms with Crippen molar-refractivity contribution >= 4 is 5.96 Å². The lowest BCUT2D eigenvalue weighted by atomic mass is 10.2. The van der Waals surface area contributed by atoms with E-state index in [1.54, 1.807) is 0 Å². The molecule has 2 heterocycles. The summed E-state index contributed by atoms with van der Waals surface area (Å²) in [4.78, 5) is 9.38. The predicted octanol–water partition coefficient (Wildman–Crippen LogP) is 1.16. The monoisotopic (exact) mass is 403 g/mol. The lowest BCUT2D eigenvalue weighted by Gasteiger charge is -2.34. The molecule has 0 aliphatic carbocycles. The van der Waals surface area contributed by atoms with Crippen LogP contribution in [0.15, 0.2) is 35.3 Å². The zero-order valence-electron chi connectivity index (χ0n) is 17.8. The molecule has 2 N–H and O–H groups in total. The van der Waals surface area contributed by atoms with Gasteiger partial charge in [-0.1, -0.05) is 30.3 Å². The maximum absolute atomic E-state index is 5.79. The number of guanidine groups is 1. The quantitative estimate of drug-likeness (QED) is 0.347. The standard InChI is InChI=1S/C22H37N5O2/c1-23-22(24-9-5-16-29-21-8-17-28-19-21)25-10-11-26-12-14-27(15-13-26)18-20-6-3-2-4-7-20/h2-4,6-7,21H,5,8-19H2,1H3,(H2,23,24,25). The van der Waals surface area contributed by atoms with Crippen molar-refractivity contribution in [2.75, 3.05) is 72.7 Å². The van der Waals surface area contributed by atoms with Gasteiger partial charge in [0.05, 0.1) is 12.7 Å². The van der Waals surface area contributed by atoms with Crippen LogP contribution in [0.1, 0.15) is 18.4 Å². The van der Waals surface area contributed by atoms with E-state index in [9.17, 15) is 0 Å². The number of ether oxygens (including phenoxy) is 2. The molecule has 1 aromatic rings. The number of nitrogens with one attached hydrogen (secondary N) is 2. The Kier molecular flexibility index (Phi) is 9.72. The first-order chi connectivity index (χ1) is 14.3. The number of hydrogen-bond donors (Lipinski definition) is 2. The van der Waals surface area contributed by atoms with E-state index in [0.717, 1.165) is 91.0 Å². The van der Waals surface area contributed by atoms with Crippen LogP contribution in [0, 0.1) is 0 Å². The molecule has 0 amide bonds. The summed E-state index contributed by atoms with van der Waals surface area (Å²) in [6, 6.07) is 10.7. The number of benzene rings is 1. The number of rotatable bonds is 10. The van der Waals surface area contributed by atoms with Crippen molar-refractivity contribution < 1.29 is 9.47 Å². The summed E-state index contributed by atoms with van der Waals surface area (Å²) in [5.41, 5.74) is 1.40. The Morgan fingerprint density at radius 3 is 2.59 bits per heavy atom. The molecule has 0 aromatic heterocycles. The van der Waals surface area contributed by atoms with Gasteiger partial charge >= 0.3 is 0 Å². The van der Waals surface area contributed by atoms with Crippen molar-refractivity contribution in [3.63, 3.8) is 0 Å². The summed E-state index contributed by atoms with van der Waals surface area (Å²) >= 11 is 0. The fourth-order valence-corrected chi connectivity index (χ4v) is 3.74. The lowest BCUT2D eigenvalue weighted by molar-refractivity contribution is 0.0420. The van der Waals surface area contributed by atoms with Crippen LogP contribution in [-0.4, -0.2) is 94.5 Å². The highest BCUT2D eigenvalue weighted by Gasteiger charge is 2.17. The van der Waals surface area contributed by atoms with E-state index in [4.69, 9.17) is 9.47 Å². The van der Waals surface area contributed by atoms with Crippen molar-refractivity contribution in [1.82, 2.24) is 20.4 Å². The highest BCUT2D eigenvalue weighted by molar-refractivity contribution is 5.79. The molecule has 29 heavy (non-hydrogen) atoms. The summed E-state index contributed by atoms with van der Waals surface area (Å²) in [6.07, 6.45) is 2.29. The molecule has 1 aromatic carbocycles. The van der Waals surface area contributed by atoms with E-state index in [0.29, 0.717) is 6.10 Å². The zero-order valence-corrected chi connectivity index (χ0v) is 17.8. The minimum Gasteiger partial charge on any atom is -0.379 e. The van der Waals surface area contributed by atoms with Gasteiger partial charge in [-0.25, -0.2) is 0 Å². The third-order valence-electron chi connectivity index (χ3n) is 5.51. The van der Waals surface area contributed by atoms with Crippen molar-refractivity contribution in [1.29, 1.82) is 0 Å². The Morgan fingerprint density at radius 2 is 1.86 bits per heavy atom. The van der Waals surface area contributed by atoms with Gasteiger partial charge in [0.1, 0.15) is 0 Å². The Labute approximate surface area is 175 Å². The topological polar surface area (TPSA) is 61.4 Å². The fourth-order valence-electron chi connectivity index (χ4n) is 3.74. The molecule has 1 unspecified atom stereocenters. The van der Waals surface area contributed by atoms with Gasteiger partial charge < -0.3 is 20.1 Å². The van der Waals surface area contributed by atoms with E-state index >= 15 is 0 Å². The molecule has 7 nitrogen and oxygen atoms in total. The summed E-state index contributed by atoms with van der Waals surface area (Å²) in [5, 5.41) is 6.79. The summed E-state index contributed by atoms with van der Waals surface area (Å²) in [7, 11) is 1.82. The molecule has 2 fully saturated rings. The van der Waals surface area contributed by atoms with Crippen LogP contribution < -0.4 is 10.6 Å². The Morgan fingerprint density at radius 1 is 1.10 bits per heavy atom. The van der Waals surface area contributed by atoms with Crippen molar-refractivity contribution in [3.8, 4) is 0 Å². The molecular formula is C22H37N5O2. The normalized spacial score (nSPS) is 21.4. The fraction of sp³-hybridized carbons (Fsp3) is 0.682. The number of piperazine rings is 1. The minimum atomic E-state index is 0.292. The van der Waals surface area contributed by atoms with Crippen LogP contribution in [0.4, 0.5) is 0 Å². The highest BCUT2D eigenvalue weighted by atomic mass is 16.5. The number of aliphatic imine (C=N–C) groups is 1. The van der Waals surface area contributed by atoms with Crippen molar-refractivity contribution in [2.24, 2.45) is 4.99 Å². The lowest BCUT2D eigenvalue weighted by Crippen LogP contribution is -2.49. The van der Waals surface area contributed by atoms with Gasteiger partial charge in [0.25, 0.3) is 0 Å². The second-order valence-corrected chi connectivity index (χ2v) is 7.74. The van der Waals surface area contributed by atoms with E-state index in [2.05, 4.69) is 55.8 Å². The molecule has 0 bridgehead atoms. The second-order valence-electron chi connectivity index (χ2n) is 7.74. The van der Waals surface area contributed by atoms with E-state index in [-0.39, 0.29) is 0 Å². The first kappa shape index (κ1) is 22.0. The van der Waals surface area contributed by atoms with Crippen LogP contribution in [0.25, 0.3) is 0 Å². The molecule has 2 aliphatic rings. The van der Waals surface area contributed by atoms with Crippen LogP contribution in [0.5, 0.6) is 0 Å². The maximum atomic E-state index is 5.79. The average Bonchev–Trinajstić information content (AvgIpc) is 3.28. The molecule has 2 aliphatic heterocycles. The molecule has 3 rings (SSSR count). The molecule has 0 saturated carbocycles. The van der Waals surface area contributed by atoms with E-state index < -0.39 is 0 Å². The van der Waals surface area contributed by atoms with Gasteiger partial charge in [-0.2, -0.15) is 0 Å². The second kappa shape index (κ2) is 12.8. The molecule has 162 valence electrons. The van der Waals surface area contributed by atoms with Gasteiger partial charge in [-0.05, 0) is 18.4 Å². The Bertz CT molecular complexity index is 584. The van der Waals surface area contributed by atoms with Crippen molar-refractivity contribution in [3.05, 3.63) is 35.9 Å². The van der Waals surface area contributed by atoms with Crippen molar-refractivity contribution in [2.45, 2.75) is 25.5 Å². The van der Waals surface area contributed by atoms with Crippen LogP contribution >= 0.6 is 0 Å². The SMILES string of the molecule is CN=C(NCCCOC1CCOC1)NCCN1CCN(Cc2ccccc2)CC1. The Balaban J connectivity index is 1.21. The van der Waals surface area contributed by atoms with Gasteiger partial charge in [0.15, 0.2) is 5.96 Å². The molecule has 1 atom stereocenters. The van der Waals surface area contributed by atoms with Crippen LogP contribution in [0.2, 0.25) is 0 Å². The van der Waals surface area contributed by atoms with Gasteiger partial charge in [-0.3, -0.25) is 14.8 Å². The average molecular weight is 404 g/mol. The number of hydrogen-bond acceptors (Lipinski definition) is 5. The van der Waals surface area contributed by atoms with Crippen LogP contribution in [0.3, 0.4) is 0 Å². The summed E-state index contributed by atoms with van der Waals surface area (Å²) in [5.74, 6) is 0.872. The van der Waals surface area contributed by atoms with Crippen LogP contribution in [-0.2, 0) is 16.0 Å². The first-order valence-electron chi connectivity index (χ1n) is 11.0. The summed E-state index contributed by atoms with van der Waals surface area (Å²) in [6.45, 7) is 10.8. The largest absolute Gasteiger partial charge is 0.379 e. The molecule has 0 spiro atoms. The molecule has 2 saturated heterocycles. The first-order valence-corrected chi connectivity index (χ1v) is 11.0. The van der Waals surface area contributed by atoms with E-state index in [1.807, 2.05) is 7.05 Å². The van der Waals surface area contributed by atoms with Gasteiger partial charge in [0, 0.05) is 72.6 Å². The summed E-state index contributed by atoms with van der Waals surface area (Å²) < 4.78 is 11.1. The molecule has 0 radical (unpaired) electrons. The third kappa shape index (κ3) is 8.30. The minimum absolute atomic E-state index is 0.292. The molecule has 7 heteroatoms. The van der Waals surface area contributed by atoms with Gasteiger partial charge in [-0.15, -0.1) is 0 Å². The third-order valence-corrected chi connectivity index (χ3v) is 5.51. The smallest absolute Gasteiger partial charge is 0.191 e. The van der Waals surface area contributed by atoms with Gasteiger partial charge in [0.2, 0.25) is 0 Å². The Hall–Kier alpha value is -1.67. The predicted molar refractivity (Wildman–Crippen MR) is 117 cm³/mol. The highest BCUT2D eigenvalue weighted by Crippen LogP contribution is 2.08. The zero-order chi connectivity index (χ0) is 20.2. The number of nitrogens with zero attached hydrogens (tertiary/aromatic N) is 3.